The Kier molecular flexibility index (Phi) is 5.58. The molecule has 2 rings (SSSR count). The first-order valence-electron chi connectivity index (χ1n) is 7.48. The first-order chi connectivity index (χ1) is 9.16. The highest BCUT2D eigenvalue weighted by atomic mass is 32.1. The van der Waals surface area contributed by atoms with E-state index >= 15 is 0 Å². The molecule has 1 aromatic heterocycles. The minimum atomic E-state index is 0.474. The number of nitrogens with zero attached hydrogens (tertiary/aromatic N) is 3. The van der Waals surface area contributed by atoms with Crippen LogP contribution in [0.3, 0.4) is 0 Å². The molecule has 5 heteroatoms. The summed E-state index contributed by atoms with van der Waals surface area (Å²) in [7, 11) is 0. The molecule has 0 aromatic carbocycles. The van der Waals surface area contributed by atoms with Crippen molar-refractivity contribution in [2.24, 2.45) is 0 Å². The molecule has 0 amide bonds. The monoisotopic (exact) mass is 282 g/mol. The van der Waals surface area contributed by atoms with Crippen molar-refractivity contribution >= 4 is 16.5 Å². The predicted molar refractivity (Wildman–Crippen MR) is 82.0 cm³/mol. The minimum Gasteiger partial charge on any atom is -0.360 e. The number of hydrogen-bond donors (Lipinski definition) is 1. The minimum absolute atomic E-state index is 0.474. The van der Waals surface area contributed by atoms with Crippen molar-refractivity contribution in [2.45, 2.75) is 58.4 Å². The van der Waals surface area contributed by atoms with E-state index in [0.29, 0.717) is 5.92 Å². The van der Waals surface area contributed by atoms with Gasteiger partial charge in [-0.1, -0.05) is 31.6 Å². The van der Waals surface area contributed by atoms with Crippen LogP contribution in [-0.4, -0.2) is 40.8 Å². The van der Waals surface area contributed by atoms with Crippen molar-refractivity contribution in [1.29, 1.82) is 0 Å². The second kappa shape index (κ2) is 7.20. The molecule has 1 unspecified atom stereocenters. The van der Waals surface area contributed by atoms with Gasteiger partial charge in [0.2, 0.25) is 5.13 Å². The molecule has 4 nitrogen and oxygen atoms in total. The molecular formula is C14H26N4S. The number of likely N-dealkylation sites (tertiary alicyclic amines) is 1. The average molecular weight is 282 g/mol. The zero-order valence-electron chi connectivity index (χ0n) is 12.4. The normalized spacial score (nSPS) is 20.9. The van der Waals surface area contributed by atoms with Crippen molar-refractivity contribution in [2.75, 3.05) is 25.0 Å². The zero-order chi connectivity index (χ0) is 13.7. The summed E-state index contributed by atoms with van der Waals surface area (Å²) in [6, 6.07) is 0.767. The van der Waals surface area contributed by atoms with Crippen molar-refractivity contribution in [3.8, 4) is 0 Å². The van der Waals surface area contributed by atoms with Gasteiger partial charge in [-0.15, -0.1) is 10.2 Å². The fraction of sp³-hybridized carbons (Fsp3) is 0.857. The molecule has 19 heavy (non-hydrogen) atoms. The van der Waals surface area contributed by atoms with Crippen LogP contribution in [0.25, 0.3) is 0 Å². The van der Waals surface area contributed by atoms with Crippen LogP contribution in [0.15, 0.2) is 0 Å². The molecule has 1 atom stereocenters. The van der Waals surface area contributed by atoms with Gasteiger partial charge < -0.3 is 10.2 Å². The third-order valence-electron chi connectivity index (χ3n) is 3.77. The van der Waals surface area contributed by atoms with E-state index in [1.165, 1.54) is 38.8 Å². The smallest absolute Gasteiger partial charge is 0.205 e. The standard InChI is InChI=1S/C14H26N4S/c1-11(2)13-16-17-14(19-13)15-8-6-10-18-9-5-4-7-12(18)3/h11-12H,4-10H2,1-3H3,(H,15,17). The van der Waals surface area contributed by atoms with Gasteiger partial charge >= 0.3 is 0 Å². The van der Waals surface area contributed by atoms with Crippen LogP contribution in [0.2, 0.25) is 0 Å². The van der Waals surface area contributed by atoms with Gasteiger partial charge in [-0.25, -0.2) is 0 Å². The number of aromatic nitrogens is 2. The Morgan fingerprint density at radius 3 is 2.89 bits per heavy atom. The van der Waals surface area contributed by atoms with Crippen molar-refractivity contribution in [1.82, 2.24) is 15.1 Å². The number of nitrogens with one attached hydrogen (secondary N) is 1. The third kappa shape index (κ3) is 4.42. The molecule has 0 spiro atoms. The molecule has 1 saturated heterocycles. The summed E-state index contributed by atoms with van der Waals surface area (Å²) >= 11 is 1.68. The summed E-state index contributed by atoms with van der Waals surface area (Å²) in [5.74, 6) is 0.474. The van der Waals surface area contributed by atoms with Crippen molar-refractivity contribution in [3.05, 3.63) is 5.01 Å². The van der Waals surface area contributed by atoms with E-state index < -0.39 is 0 Å². The second-order valence-electron chi connectivity index (χ2n) is 5.76. The Labute approximate surface area is 120 Å². The average Bonchev–Trinajstić information content (AvgIpc) is 2.85. The highest BCUT2D eigenvalue weighted by Gasteiger charge is 2.17. The maximum atomic E-state index is 4.19. The highest BCUT2D eigenvalue weighted by molar-refractivity contribution is 7.15. The third-order valence-corrected chi connectivity index (χ3v) is 4.95. The topological polar surface area (TPSA) is 41.1 Å². The Balaban J connectivity index is 1.65. The van der Waals surface area contributed by atoms with Crippen molar-refractivity contribution < 1.29 is 0 Å². The molecule has 0 aliphatic carbocycles. The van der Waals surface area contributed by atoms with Gasteiger partial charge in [-0.3, -0.25) is 0 Å². The fourth-order valence-corrected chi connectivity index (χ4v) is 3.28. The lowest BCUT2D eigenvalue weighted by atomic mass is 10.0. The van der Waals surface area contributed by atoms with Gasteiger partial charge in [-0.05, 0) is 32.7 Å². The van der Waals surface area contributed by atoms with E-state index in [9.17, 15) is 0 Å². The van der Waals surface area contributed by atoms with Crippen LogP contribution in [0.4, 0.5) is 5.13 Å². The first-order valence-corrected chi connectivity index (χ1v) is 8.30. The lowest BCUT2D eigenvalue weighted by molar-refractivity contribution is 0.160. The molecule has 1 N–H and O–H groups in total. The van der Waals surface area contributed by atoms with Gasteiger partial charge in [0.1, 0.15) is 5.01 Å². The Hall–Kier alpha value is -0.680. The van der Waals surface area contributed by atoms with Crippen LogP contribution in [0.1, 0.15) is 57.4 Å². The summed E-state index contributed by atoms with van der Waals surface area (Å²) in [6.07, 6.45) is 5.31. The van der Waals surface area contributed by atoms with Crippen LogP contribution >= 0.6 is 11.3 Å². The molecule has 0 radical (unpaired) electrons. The second-order valence-corrected chi connectivity index (χ2v) is 6.77. The van der Waals surface area contributed by atoms with E-state index in [4.69, 9.17) is 0 Å². The van der Waals surface area contributed by atoms with Gasteiger partial charge in [0, 0.05) is 25.0 Å². The molecule has 2 heterocycles. The van der Waals surface area contributed by atoms with Crippen LogP contribution in [-0.2, 0) is 0 Å². The SMILES string of the molecule is CC(C)c1nnc(NCCCN2CCCCC2C)s1. The molecule has 1 fully saturated rings. The number of piperidine rings is 1. The summed E-state index contributed by atoms with van der Waals surface area (Å²) in [6.45, 7) is 10.1. The Morgan fingerprint density at radius 2 is 2.21 bits per heavy atom. The van der Waals surface area contributed by atoms with E-state index in [0.717, 1.165) is 22.7 Å². The maximum absolute atomic E-state index is 4.19. The van der Waals surface area contributed by atoms with Gasteiger partial charge in [0.15, 0.2) is 0 Å². The van der Waals surface area contributed by atoms with Crippen LogP contribution in [0, 0.1) is 0 Å². The largest absolute Gasteiger partial charge is 0.360 e. The molecule has 1 aliphatic rings. The number of hydrogen-bond acceptors (Lipinski definition) is 5. The summed E-state index contributed by atoms with van der Waals surface area (Å²) in [5.41, 5.74) is 0. The number of rotatable bonds is 6. The van der Waals surface area contributed by atoms with Crippen LogP contribution in [0.5, 0.6) is 0 Å². The first kappa shape index (κ1) is 14.7. The van der Waals surface area contributed by atoms with E-state index in [1.807, 2.05) is 0 Å². The van der Waals surface area contributed by atoms with Crippen molar-refractivity contribution in [3.63, 3.8) is 0 Å². The van der Waals surface area contributed by atoms with E-state index in [2.05, 4.69) is 41.2 Å². The van der Waals surface area contributed by atoms with Gasteiger partial charge in [-0.2, -0.15) is 0 Å². The lowest BCUT2D eigenvalue weighted by Crippen LogP contribution is -2.38. The van der Waals surface area contributed by atoms with Crippen LogP contribution < -0.4 is 5.32 Å². The van der Waals surface area contributed by atoms with E-state index in [-0.39, 0.29) is 0 Å². The molecule has 0 bridgehead atoms. The molecule has 0 saturated carbocycles. The Bertz CT molecular complexity index is 377. The molecule has 1 aliphatic heterocycles. The summed E-state index contributed by atoms with van der Waals surface area (Å²) in [4.78, 5) is 2.62. The van der Waals surface area contributed by atoms with Gasteiger partial charge in [0.05, 0.1) is 0 Å². The van der Waals surface area contributed by atoms with Gasteiger partial charge in [0.25, 0.3) is 0 Å². The lowest BCUT2D eigenvalue weighted by Gasteiger charge is -2.33. The predicted octanol–water partition coefficient (Wildman–Crippen LogP) is 3.34. The molecular weight excluding hydrogens is 256 g/mol. The van der Waals surface area contributed by atoms with E-state index in [1.54, 1.807) is 11.3 Å². The Morgan fingerprint density at radius 1 is 1.37 bits per heavy atom. The highest BCUT2D eigenvalue weighted by Crippen LogP contribution is 2.22. The quantitative estimate of drug-likeness (QED) is 0.813. The fourth-order valence-electron chi connectivity index (χ4n) is 2.51. The summed E-state index contributed by atoms with van der Waals surface area (Å²) in [5, 5.41) is 13.9. The maximum Gasteiger partial charge on any atom is 0.205 e. The number of anilines is 1. The molecule has 108 valence electrons. The molecule has 1 aromatic rings. The summed E-state index contributed by atoms with van der Waals surface area (Å²) < 4.78 is 0. The zero-order valence-corrected chi connectivity index (χ0v) is 13.2.